The molecule has 28 heavy (non-hydrogen) atoms. The van der Waals surface area contributed by atoms with Gasteiger partial charge in [0.2, 0.25) is 0 Å². The van der Waals surface area contributed by atoms with Gasteiger partial charge >= 0.3 is 5.97 Å². The first-order valence-electron chi connectivity index (χ1n) is 9.44. The van der Waals surface area contributed by atoms with Gasteiger partial charge in [-0.25, -0.2) is 4.79 Å². The van der Waals surface area contributed by atoms with Gasteiger partial charge in [0.1, 0.15) is 5.75 Å². The van der Waals surface area contributed by atoms with Gasteiger partial charge < -0.3 is 9.84 Å². The van der Waals surface area contributed by atoms with E-state index in [1.807, 2.05) is 60.7 Å². The van der Waals surface area contributed by atoms with Gasteiger partial charge in [0.05, 0.1) is 12.7 Å². The molecule has 0 amide bonds. The fourth-order valence-electron chi connectivity index (χ4n) is 4.17. The second-order valence-corrected chi connectivity index (χ2v) is 6.90. The quantitative estimate of drug-likeness (QED) is 0.664. The summed E-state index contributed by atoms with van der Waals surface area (Å²) in [6.07, 6.45) is 0.849. The Morgan fingerprint density at radius 3 is 2.29 bits per heavy atom. The minimum atomic E-state index is -0.877. The van der Waals surface area contributed by atoms with Crippen molar-refractivity contribution in [2.24, 2.45) is 0 Å². The normalized spacial score (nSPS) is 15.4. The van der Waals surface area contributed by atoms with E-state index >= 15 is 0 Å². The Morgan fingerprint density at radius 1 is 0.964 bits per heavy atom. The molecule has 1 aliphatic carbocycles. The molecular formula is C25H22O3. The molecule has 3 aromatic rings. The van der Waals surface area contributed by atoms with Crippen molar-refractivity contribution in [3.63, 3.8) is 0 Å². The molecule has 1 aliphatic rings. The van der Waals surface area contributed by atoms with E-state index in [0.717, 1.165) is 40.0 Å². The summed E-state index contributed by atoms with van der Waals surface area (Å²) in [7, 11) is 1.63. The van der Waals surface area contributed by atoms with Crippen molar-refractivity contribution < 1.29 is 14.6 Å². The molecule has 140 valence electrons. The summed E-state index contributed by atoms with van der Waals surface area (Å²) in [5.41, 5.74) is 6.46. The van der Waals surface area contributed by atoms with Crippen molar-refractivity contribution in [2.45, 2.75) is 19.3 Å². The third-order valence-electron chi connectivity index (χ3n) is 5.42. The molecular weight excluding hydrogens is 348 g/mol. The fourth-order valence-corrected chi connectivity index (χ4v) is 4.17. The third kappa shape index (κ3) is 2.89. The van der Waals surface area contributed by atoms with Crippen LogP contribution in [0.15, 0.2) is 78.4 Å². The summed E-state index contributed by atoms with van der Waals surface area (Å²) in [6, 6.07) is 23.7. The van der Waals surface area contributed by atoms with Crippen LogP contribution in [0.1, 0.15) is 40.7 Å². The Balaban J connectivity index is 2.03. The highest BCUT2D eigenvalue weighted by Crippen LogP contribution is 2.49. The van der Waals surface area contributed by atoms with Crippen LogP contribution in [0.3, 0.4) is 0 Å². The first-order valence-corrected chi connectivity index (χ1v) is 9.44. The molecule has 0 radical (unpaired) electrons. The van der Waals surface area contributed by atoms with Gasteiger partial charge in [-0.05, 0) is 46.4 Å². The zero-order valence-corrected chi connectivity index (χ0v) is 16.0. The van der Waals surface area contributed by atoms with Crippen molar-refractivity contribution in [1.29, 1.82) is 0 Å². The highest BCUT2D eigenvalue weighted by atomic mass is 16.5. The minimum Gasteiger partial charge on any atom is -0.497 e. The Kier molecular flexibility index (Phi) is 4.74. The molecule has 0 fully saturated rings. The molecule has 4 rings (SSSR count). The molecule has 1 unspecified atom stereocenters. The van der Waals surface area contributed by atoms with Crippen molar-refractivity contribution >= 4 is 11.5 Å². The first-order chi connectivity index (χ1) is 13.7. The maximum absolute atomic E-state index is 12.5. The van der Waals surface area contributed by atoms with Crippen molar-refractivity contribution in [1.82, 2.24) is 0 Å². The van der Waals surface area contributed by atoms with Crippen LogP contribution in [0.2, 0.25) is 0 Å². The van der Waals surface area contributed by atoms with Gasteiger partial charge in [-0.1, -0.05) is 67.6 Å². The molecule has 0 bridgehead atoms. The number of hydrogen-bond acceptors (Lipinski definition) is 2. The lowest BCUT2D eigenvalue weighted by molar-refractivity contribution is -0.132. The topological polar surface area (TPSA) is 46.5 Å². The van der Waals surface area contributed by atoms with Crippen LogP contribution in [0.5, 0.6) is 5.75 Å². The SMILES string of the molecule is CCc1cccc2c1C(c1ccccc1)=C(C(=O)O)C2c1ccc(OC)cc1. The number of fused-ring (bicyclic) bond motifs is 1. The van der Waals surface area contributed by atoms with E-state index in [1.54, 1.807) is 7.11 Å². The molecule has 0 aliphatic heterocycles. The number of carboxylic acids is 1. The summed E-state index contributed by atoms with van der Waals surface area (Å²) in [5, 5.41) is 10.2. The third-order valence-corrected chi connectivity index (χ3v) is 5.42. The smallest absolute Gasteiger partial charge is 0.333 e. The van der Waals surface area contributed by atoms with Crippen LogP contribution in [0.25, 0.3) is 5.57 Å². The average Bonchev–Trinajstić information content (AvgIpc) is 3.10. The summed E-state index contributed by atoms with van der Waals surface area (Å²) in [6.45, 7) is 2.11. The Bertz CT molecular complexity index is 1050. The number of ether oxygens (including phenoxy) is 1. The molecule has 1 N–H and O–H groups in total. The molecule has 3 aromatic carbocycles. The number of benzene rings is 3. The van der Waals surface area contributed by atoms with Gasteiger partial charge in [0, 0.05) is 11.5 Å². The molecule has 3 heteroatoms. The predicted molar refractivity (Wildman–Crippen MR) is 111 cm³/mol. The van der Waals surface area contributed by atoms with Crippen molar-refractivity contribution in [3.8, 4) is 5.75 Å². The maximum Gasteiger partial charge on any atom is 0.333 e. The molecule has 1 atom stereocenters. The summed E-state index contributed by atoms with van der Waals surface area (Å²) in [4.78, 5) is 12.5. The molecule has 0 heterocycles. The minimum absolute atomic E-state index is 0.305. The molecule has 0 saturated heterocycles. The summed E-state index contributed by atoms with van der Waals surface area (Å²) < 4.78 is 5.27. The lowest BCUT2D eigenvalue weighted by Crippen LogP contribution is -2.10. The Labute approximate surface area is 164 Å². The monoisotopic (exact) mass is 370 g/mol. The van der Waals surface area contributed by atoms with Crippen LogP contribution in [-0.2, 0) is 11.2 Å². The molecule has 0 aromatic heterocycles. The second kappa shape index (κ2) is 7.35. The van der Waals surface area contributed by atoms with Crippen molar-refractivity contribution in [2.75, 3.05) is 7.11 Å². The predicted octanol–water partition coefficient (Wildman–Crippen LogP) is 5.29. The van der Waals surface area contributed by atoms with Crippen LogP contribution in [0, 0.1) is 0 Å². The van der Waals surface area contributed by atoms with Crippen LogP contribution >= 0.6 is 0 Å². The Hall–Kier alpha value is -3.33. The van der Waals surface area contributed by atoms with Gasteiger partial charge in [-0.3, -0.25) is 0 Å². The van der Waals surface area contributed by atoms with Crippen LogP contribution < -0.4 is 4.74 Å². The number of rotatable bonds is 5. The Morgan fingerprint density at radius 2 is 1.68 bits per heavy atom. The standard InChI is InChI=1S/C25H22O3/c1-3-16-10-7-11-20-21(16)23(17-8-5-4-6-9-17)24(25(26)27)22(20)18-12-14-19(28-2)15-13-18/h4-15,22H,3H2,1-2H3,(H,26,27). The maximum atomic E-state index is 12.5. The van der Waals surface area contributed by atoms with Gasteiger partial charge in [-0.2, -0.15) is 0 Å². The number of hydrogen-bond donors (Lipinski definition) is 1. The van der Waals surface area contributed by atoms with Crippen molar-refractivity contribution in [3.05, 3.63) is 106 Å². The van der Waals surface area contributed by atoms with Gasteiger partial charge in [-0.15, -0.1) is 0 Å². The van der Waals surface area contributed by atoms with E-state index in [9.17, 15) is 9.90 Å². The molecule has 3 nitrogen and oxygen atoms in total. The number of carboxylic acid groups (broad SMARTS) is 1. The largest absolute Gasteiger partial charge is 0.497 e. The van der Waals surface area contributed by atoms with Gasteiger partial charge in [0.25, 0.3) is 0 Å². The lowest BCUT2D eigenvalue weighted by Gasteiger charge is -2.16. The first kappa shape index (κ1) is 18.1. The van der Waals surface area contributed by atoms with Crippen LogP contribution in [-0.4, -0.2) is 18.2 Å². The summed E-state index contributed by atoms with van der Waals surface area (Å²) >= 11 is 0. The number of aryl methyl sites for hydroxylation is 1. The average molecular weight is 370 g/mol. The number of methoxy groups -OCH3 is 1. The molecule has 0 saturated carbocycles. The highest BCUT2D eigenvalue weighted by molar-refractivity contribution is 6.07. The van der Waals surface area contributed by atoms with E-state index in [0.29, 0.717) is 5.57 Å². The zero-order valence-electron chi connectivity index (χ0n) is 16.0. The highest BCUT2D eigenvalue weighted by Gasteiger charge is 2.37. The number of aliphatic carboxylic acids is 1. The number of carbonyl (C=O) groups is 1. The van der Waals surface area contributed by atoms with E-state index < -0.39 is 5.97 Å². The van der Waals surface area contributed by atoms with E-state index in [1.165, 1.54) is 5.56 Å². The molecule has 0 spiro atoms. The summed E-state index contributed by atoms with van der Waals surface area (Å²) in [5.74, 6) is -0.425. The lowest BCUT2D eigenvalue weighted by atomic mass is 9.87. The second-order valence-electron chi connectivity index (χ2n) is 6.90. The fraction of sp³-hybridized carbons (Fsp3) is 0.160. The van der Waals surface area contributed by atoms with E-state index in [4.69, 9.17) is 4.74 Å². The van der Waals surface area contributed by atoms with Crippen LogP contribution in [0.4, 0.5) is 0 Å². The van der Waals surface area contributed by atoms with E-state index in [-0.39, 0.29) is 5.92 Å². The zero-order chi connectivity index (χ0) is 19.7. The van der Waals surface area contributed by atoms with Gasteiger partial charge in [0.15, 0.2) is 0 Å². The van der Waals surface area contributed by atoms with E-state index in [2.05, 4.69) is 19.1 Å².